The van der Waals surface area contributed by atoms with E-state index in [2.05, 4.69) is 0 Å². The van der Waals surface area contributed by atoms with Crippen LogP contribution in [0, 0.1) is 5.92 Å². The van der Waals surface area contributed by atoms with Crippen molar-refractivity contribution in [3.05, 3.63) is 82.7 Å². The Morgan fingerprint density at radius 3 is 2.55 bits per heavy atom. The lowest BCUT2D eigenvalue weighted by Crippen LogP contribution is -2.26. The molecular formula is C24H25ClN2O4. The fraction of sp³-hybridized carbons (Fsp3) is 0.250. The molecule has 0 saturated heterocycles. The number of hydrogen-bond donors (Lipinski definition) is 1. The Morgan fingerprint density at radius 1 is 1.10 bits per heavy atom. The van der Waals surface area contributed by atoms with Crippen molar-refractivity contribution < 1.29 is 19.1 Å². The molecule has 0 aromatic heterocycles. The molecule has 0 bridgehead atoms. The number of carbonyl (C=O) groups excluding carboxylic acids is 2. The smallest absolute Gasteiger partial charge is 0.246 e. The number of methoxy groups -OCH3 is 2. The predicted octanol–water partition coefficient (Wildman–Crippen LogP) is 4.34. The number of hydrogen-bond acceptors (Lipinski definition) is 5. The van der Waals surface area contributed by atoms with Crippen LogP contribution < -0.4 is 15.2 Å². The summed E-state index contributed by atoms with van der Waals surface area (Å²) in [5.74, 6) is 0.300. The highest BCUT2D eigenvalue weighted by atomic mass is 35.5. The van der Waals surface area contributed by atoms with E-state index < -0.39 is 5.91 Å². The molecule has 0 aliphatic carbocycles. The molecule has 0 saturated carbocycles. The van der Waals surface area contributed by atoms with Crippen molar-refractivity contribution in [2.45, 2.75) is 19.4 Å². The van der Waals surface area contributed by atoms with Gasteiger partial charge in [-0.3, -0.25) is 9.59 Å². The van der Waals surface area contributed by atoms with Crippen LogP contribution >= 0.6 is 11.6 Å². The number of rotatable bonds is 9. The van der Waals surface area contributed by atoms with E-state index in [0.29, 0.717) is 40.6 Å². The van der Waals surface area contributed by atoms with Crippen molar-refractivity contribution in [1.82, 2.24) is 4.90 Å². The van der Waals surface area contributed by atoms with E-state index in [4.69, 9.17) is 26.8 Å². The van der Waals surface area contributed by atoms with E-state index in [-0.39, 0.29) is 18.1 Å². The quantitative estimate of drug-likeness (QED) is 0.587. The van der Waals surface area contributed by atoms with Gasteiger partial charge in [0.2, 0.25) is 5.91 Å². The van der Waals surface area contributed by atoms with Crippen molar-refractivity contribution in [1.29, 1.82) is 0 Å². The topological polar surface area (TPSA) is 81.9 Å². The Hall–Kier alpha value is -3.25. The van der Waals surface area contributed by atoms with Crippen LogP contribution in [0.4, 0.5) is 0 Å². The standard InChI is InChI=1S/C24H25ClN2O4/c1-30-22-9-7-18(13-23(22)31-2)21(28)8-6-17-10-11-27(15-20(17)24(26)29)14-16-4-3-5-19(25)12-16/h3-5,7,9-13,15,17H,6,8,14H2,1-2H3,(H2,26,29). The zero-order valence-corrected chi connectivity index (χ0v) is 18.3. The Bertz CT molecular complexity index is 1030. The number of benzene rings is 2. The molecule has 6 nitrogen and oxygen atoms in total. The summed E-state index contributed by atoms with van der Waals surface area (Å²) in [6, 6.07) is 12.6. The van der Waals surface area contributed by atoms with Gasteiger partial charge in [-0.25, -0.2) is 0 Å². The van der Waals surface area contributed by atoms with Gasteiger partial charge in [-0.05, 0) is 42.3 Å². The summed E-state index contributed by atoms with van der Waals surface area (Å²) in [5, 5.41) is 0.657. The summed E-state index contributed by atoms with van der Waals surface area (Å²) in [7, 11) is 3.07. The van der Waals surface area contributed by atoms with Crippen LogP contribution in [0.5, 0.6) is 11.5 Å². The second kappa shape index (κ2) is 10.2. The fourth-order valence-corrected chi connectivity index (χ4v) is 3.73. The molecule has 31 heavy (non-hydrogen) atoms. The van der Waals surface area contributed by atoms with Gasteiger partial charge in [0.25, 0.3) is 0 Å². The highest BCUT2D eigenvalue weighted by Crippen LogP contribution is 2.30. The zero-order valence-electron chi connectivity index (χ0n) is 17.5. The van der Waals surface area contributed by atoms with E-state index in [1.54, 1.807) is 31.5 Å². The molecule has 1 atom stereocenters. The fourth-order valence-electron chi connectivity index (χ4n) is 3.52. The summed E-state index contributed by atoms with van der Waals surface area (Å²) in [5.41, 5.74) is 7.64. The summed E-state index contributed by atoms with van der Waals surface area (Å²) in [6.45, 7) is 0.561. The number of allylic oxidation sites excluding steroid dienone is 1. The molecule has 7 heteroatoms. The summed E-state index contributed by atoms with van der Waals surface area (Å²) in [6.07, 6.45) is 6.30. The van der Waals surface area contributed by atoms with Crippen molar-refractivity contribution in [3.63, 3.8) is 0 Å². The predicted molar refractivity (Wildman–Crippen MR) is 120 cm³/mol. The van der Waals surface area contributed by atoms with E-state index in [1.165, 1.54) is 7.11 Å². The van der Waals surface area contributed by atoms with Crippen LogP contribution in [0.1, 0.15) is 28.8 Å². The first-order valence-corrected chi connectivity index (χ1v) is 10.2. The summed E-state index contributed by atoms with van der Waals surface area (Å²) >= 11 is 6.05. The average molecular weight is 441 g/mol. The maximum absolute atomic E-state index is 12.7. The Balaban J connectivity index is 1.67. The van der Waals surface area contributed by atoms with Crippen LogP contribution in [0.25, 0.3) is 0 Å². The third-order valence-corrected chi connectivity index (χ3v) is 5.38. The van der Waals surface area contributed by atoms with Crippen LogP contribution in [-0.2, 0) is 11.3 Å². The molecule has 0 radical (unpaired) electrons. The maximum atomic E-state index is 12.7. The van der Waals surface area contributed by atoms with E-state index in [1.807, 2.05) is 41.4 Å². The lowest BCUT2D eigenvalue weighted by molar-refractivity contribution is -0.115. The average Bonchev–Trinajstić information content (AvgIpc) is 2.77. The number of carbonyl (C=O) groups is 2. The minimum Gasteiger partial charge on any atom is -0.493 e. The minimum atomic E-state index is -0.496. The van der Waals surface area contributed by atoms with Gasteiger partial charge in [0.15, 0.2) is 17.3 Å². The third kappa shape index (κ3) is 5.67. The molecule has 1 aliphatic heterocycles. The van der Waals surface area contributed by atoms with Crippen LogP contribution in [0.3, 0.4) is 0 Å². The number of ketones is 1. The molecule has 0 spiro atoms. The van der Waals surface area contributed by atoms with Gasteiger partial charge in [-0.15, -0.1) is 0 Å². The lowest BCUT2D eigenvalue weighted by Gasteiger charge is -2.26. The van der Waals surface area contributed by atoms with Gasteiger partial charge in [0.1, 0.15) is 0 Å². The zero-order chi connectivity index (χ0) is 22.4. The number of nitrogens with two attached hydrogens (primary N) is 1. The molecule has 2 N–H and O–H groups in total. The van der Waals surface area contributed by atoms with Crippen molar-refractivity contribution in [3.8, 4) is 11.5 Å². The maximum Gasteiger partial charge on any atom is 0.246 e. The lowest BCUT2D eigenvalue weighted by atomic mass is 9.90. The number of halogens is 1. The molecule has 1 unspecified atom stereocenters. The second-order valence-corrected chi connectivity index (χ2v) is 7.67. The Labute approximate surface area is 186 Å². The van der Waals surface area contributed by atoms with E-state index in [9.17, 15) is 9.59 Å². The van der Waals surface area contributed by atoms with Crippen molar-refractivity contribution in [2.75, 3.05) is 14.2 Å². The summed E-state index contributed by atoms with van der Waals surface area (Å²) in [4.78, 5) is 26.6. The first kappa shape index (κ1) is 22.4. The van der Waals surface area contributed by atoms with Crippen LogP contribution in [0.15, 0.2) is 66.5 Å². The first-order chi connectivity index (χ1) is 14.9. The number of ether oxygens (including phenoxy) is 2. The molecule has 1 amide bonds. The number of amides is 1. The Morgan fingerprint density at radius 2 is 1.87 bits per heavy atom. The van der Waals surface area contributed by atoms with E-state index in [0.717, 1.165) is 5.56 Å². The normalized spacial score (nSPS) is 15.4. The SMILES string of the molecule is COc1ccc(C(=O)CCC2C=CN(Cc3cccc(Cl)c3)C=C2C(N)=O)cc1OC. The Kier molecular flexibility index (Phi) is 7.36. The molecule has 2 aromatic rings. The molecule has 2 aromatic carbocycles. The summed E-state index contributed by atoms with van der Waals surface area (Å²) < 4.78 is 10.5. The van der Waals surface area contributed by atoms with Gasteiger partial charge in [-0.1, -0.05) is 29.8 Å². The first-order valence-electron chi connectivity index (χ1n) is 9.86. The number of nitrogens with zero attached hydrogens (tertiary/aromatic N) is 1. The second-order valence-electron chi connectivity index (χ2n) is 7.23. The van der Waals surface area contributed by atoms with E-state index >= 15 is 0 Å². The molecule has 3 rings (SSSR count). The van der Waals surface area contributed by atoms with Gasteiger partial charge < -0.3 is 20.1 Å². The number of Topliss-reactive ketones (excluding diaryl/α,β-unsaturated/α-hetero) is 1. The molecule has 1 aliphatic rings. The van der Waals surface area contributed by atoms with Crippen molar-refractivity contribution >= 4 is 23.3 Å². The van der Waals surface area contributed by atoms with Gasteiger partial charge >= 0.3 is 0 Å². The molecule has 1 heterocycles. The molecule has 0 fully saturated rings. The molecular weight excluding hydrogens is 416 g/mol. The van der Waals surface area contributed by atoms with Crippen molar-refractivity contribution in [2.24, 2.45) is 11.7 Å². The van der Waals surface area contributed by atoms with Gasteiger partial charge in [0, 0.05) is 47.4 Å². The highest BCUT2D eigenvalue weighted by Gasteiger charge is 2.23. The monoisotopic (exact) mass is 440 g/mol. The highest BCUT2D eigenvalue weighted by molar-refractivity contribution is 6.30. The molecule has 162 valence electrons. The largest absolute Gasteiger partial charge is 0.493 e. The van der Waals surface area contributed by atoms with Crippen LogP contribution in [0.2, 0.25) is 5.02 Å². The number of primary amides is 1. The van der Waals surface area contributed by atoms with Gasteiger partial charge in [-0.2, -0.15) is 0 Å². The third-order valence-electron chi connectivity index (χ3n) is 5.14. The van der Waals surface area contributed by atoms with Crippen LogP contribution in [-0.4, -0.2) is 30.8 Å². The van der Waals surface area contributed by atoms with Gasteiger partial charge in [0.05, 0.1) is 14.2 Å². The minimum absolute atomic E-state index is 0.0421.